The first-order valence-electron chi connectivity index (χ1n) is 4.85. The van der Waals surface area contributed by atoms with E-state index in [1.165, 1.54) is 19.3 Å². The molecule has 6 N–H and O–H groups in total. The molecule has 0 saturated heterocycles. The van der Waals surface area contributed by atoms with E-state index in [1.807, 2.05) is 0 Å². The van der Waals surface area contributed by atoms with Gasteiger partial charge in [0.05, 0.1) is 5.66 Å². The summed E-state index contributed by atoms with van der Waals surface area (Å²) >= 11 is 0. The molecule has 0 unspecified atom stereocenters. The first kappa shape index (κ1) is 17.9. The zero-order chi connectivity index (χ0) is 11.9. The molecular formula is C9H18N2O4Pt. The van der Waals surface area contributed by atoms with E-state index in [9.17, 15) is 9.59 Å². The molecule has 7 heteroatoms. The van der Waals surface area contributed by atoms with Gasteiger partial charge in [0.25, 0.3) is 0 Å². The number of rotatable bonds is 2. The largest absolute Gasteiger partial charge is 0.481 e. The maximum Gasteiger partial charge on any atom is 0.314 e. The number of hydrogen-bond acceptors (Lipinski definition) is 4. The molecule has 1 fully saturated rings. The minimum atomic E-state index is -1.31. The summed E-state index contributed by atoms with van der Waals surface area (Å²) in [4.78, 5) is 18.9. The summed E-state index contributed by atoms with van der Waals surface area (Å²) in [6, 6.07) is 0. The van der Waals surface area contributed by atoms with Crippen LogP contribution in [0.1, 0.15) is 38.5 Å². The van der Waals surface area contributed by atoms with Crippen molar-refractivity contribution in [2.45, 2.75) is 44.2 Å². The first-order valence-corrected chi connectivity index (χ1v) is 4.85. The minimum absolute atomic E-state index is 0. The van der Waals surface area contributed by atoms with Crippen LogP contribution in [0.25, 0.3) is 0 Å². The van der Waals surface area contributed by atoms with Gasteiger partial charge >= 0.3 is 11.9 Å². The quantitative estimate of drug-likeness (QED) is 0.376. The molecule has 0 heterocycles. The maximum absolute atomic E-state index is 9.43. The van der Waals surface area contributed by atoms with Crippen LogP contribution in [-0.2, 0) is 30.7 Å². The fourth-order valence-corrected chi connectivity index (χ4v) is 1.34. The van der Waals surface area contributed by atoms with Gasteiger partial charge in [-0.25, -0.2) is 0 Å². The van der Waals surface area contributed by atoms with Crippen molar-refractivity contribution in [3.8, 4) is 0 Å². The molecule has 0 aromatic carbocycles. The molecule has 0 radical (unpaired) electrons. The van der Waals surface area contributed by atoms with E-state index in [0.717, 1.165) is 12.8 Å². The molecule has 0 amide bonds. The Kier molecular flexibility index (Phi) is 9.72. The fraction of sp³-hybridized carbons (Fsp3) is 0.778. The number of carbonyl (C=O) groups is 2. The third-order valence-corrected chi connectivity index (χ3v) is 2.09. The zero-order valence-corrected chi connectivity index (χ0v) is 11.2. The summed E-state index contributed by atoms with van der Waals surface area (Å²) in [6.07, 6.45) is 4.95. The predicted molar refractivity (Wildman–Crippen MR) is 54.1 cm³/mol. The van der Waals surface area contributed by atoms with Crippen LogP contribution in [0.3, 0.4) is 0 Å². The maximum atomic E-state index is 9.43. The Balaban J connectivity index is 0. The van der Waals surface area contributed by atoms with E-state index >= 15 is 0 Å². The van der Waals surface area contributed by atoms with Gasteiger partial charge in [-0.3, -0.25) is 9.59 Å². The standard InChI is InChI=1S/C6H14N2.C3H4O4.Pt/c7-6(8)4-2-1-3-5-6;4-2(5)1-3(6)7;/h1-5,7-8H2;1H2,(H,4,5)(H,6,7);. The van der Waals surface area contributed by atoms with Gasteiger partial charge in [0.1, 0.15) is 6.42 Å². The monoisotopic (exact) mass is 413 g/mol. The van der Waals surface area contributed by atoms with Crippen LogP contribution in [-0.4, -0.2) is 27.8 Å². The van der Waals surface area contributed by atoms with Crippen molar-refractivity contribution in [3.05, 3.63) is 0 Å². The number of aliphatic carboxylic acids is 2. The number of carboxylic acids is 2. The summed E-state index contributed by atoms with van der Waals surface area (Å²) in [5.41, 5.74) is 11.0. The van der Waals surface area contributed by atoms with E-state index in [0.29, 0.717) is 0 Å². The third-order valence-electron chi connectivity index (χ3n) is 2.09. The Morgan fingerprint density at radius 2 is 1.38 bits per heavy atom. The Hall–Kier alpha value is -0.452. The van der Waals surface area contributed by atoms with Crippen LogP contribution in [0, 0.1) is 0 Å². The second kappa shape index (κ2) is 8.67. The predicted octanol–water partition coefficient (Wildman–Crippen LogP) is 0.107. The van der Waals surface area contributed by atoms with Gasteiger partial charge in [0, 0.05) is 21.1 Å². The Morgan fingerprint density at radius 3 is 1.50 bits per heavy atom. The van der Waals surface area contributed by atoms with Gasteiger partial charge in [0.15, 0.2) is 0 Å². The van der Waals surface area contributed by atoms with Crippen molar-refractivity contribution in [3.63, 3.8) is 0 Å². The summed E-state index contributed by atoms with van der Waals surface area (Å²) in [7, 11) is 0. The van der Waals surface area contributed by atoms with Gasteiger partial charge < -0.3 is 21.7 Å². The Labute approximate surface area is 109 Å². The average molecular weight is 413 g/mol. The molecule has 0 atom stereocenters. The summed E-state index contributed by atoms with van der Waals surface area (Å²) in [5, 5.41) is 15.4. The van der Waals surface area contributed by atoms with Crippen LogP contribution in [0.4, 0.5) is 0 Å². The van der Waals surface area contributed by atoms with Crippen molar-refractivity contribution < 1.29 is 40.9 Å². The number of hydrogen-bond donors (Lipinski definition) is 4. The van der Waals surface area contributed by atoms with E-state index in [-0.39, 0.29) is 26.7 Å². The summed E-state index contributed by atoms with van der Waals surface area (Å²) in [6.45, 7) is 0. The van der Waals surface area contributed by atoms with Crippen LogP contribution in [0.15, 0.2) is 0 Å². The Morgan fingerprint density at radius 1 is 1.00 bits per heavy atom. The first-order chi connectivity index (χ1) is 6.83. The molecule has 0 aliphatic heterocycles. The minimum Gasteiger partial charge on any atom is -0.481 e. The topological polar surface area (TPSA) is 127 Å². The van der Waals surface area contributed by atoms with Crippen LogP contribution in [0.2, 0.25) is 0 Å². The number of nitrogens with two attached hydrogens (primary N) is 2. The van der Waals surface area contributed by atoms with Crippen LogP contribution < -0.4 is 11.5 Å². The average Bonchev–Trinajstić information content (AvgIpc) is 2.01. The van der Waals surface area contributed by atoms with Crippen molar-refractivity contribution in [2.24, 2.45) is 11.5 Å². The molecule has 16 heavy (non-hydrogen) atoms. The summed E-state index contributed by atoms with van der Waals surface area (Å²) in [5.74, 6) is -2.62. The van der Waals surface area contributed by atoms with Crippen molar-refractivity contribution in [1.29, 1.82) is 0 Å². The Bertz CT molecular complexity index is 214. The second-order valence-corrected chi connectivity index (χ2v) is 3.76. The molecule has 0 aromatic rings. The number of carboxylic acid groups (broad SMARTS) is 2. The molecule has 98 valence electrons. The molecule has 0 aromatic heterocycles. The van der Waals surface area contributed by atoms with Crippen LogP contribution >= 0.6 is 0 Å². The second-order valence-electron chi connectivity index (χ2n) is 3.76. The molecular weight excluding hydrogens is 395 g/mol. The SMILES string of the molecule is NC1(N)CCCCC1.O=C(O)CC(=O)O.[Pt]. The summed E-state index contributed by atoms with van der Waals surface area (Å²) < 4.78 is 0. The van der Waals surface area contributed by atoms with Crippen molar-refractivity contribution in [2.75, 3.05) is 0 Å². The smallest absolute Gasteiger partial charge is 0.314 e. The molecule has 1 aliphatic rings. The van der Waals surface area contributed by atoms with Gasteiger partial charge in [0.2, 0.25) is 0 Å². The normalized spacial score (nSPS) is 17.4. The van der Waals surface area contributed by atoms with Gasteiger partial charge in [-0.15, -0.1) is 0 Å². The molecule has 0 bridgehead atoms. The molecule has 1 aliphatic carbocycles. The van der Waals surface area contributed by atoms with Crippen LogP contribution in [0.5, 0.6) is 0 Å². The molecule has 1 rings (SSSR count). The molecule has 6 nitrogen and oxygen atoms in total. The van der Waals surface area contributed by atoms with E-state index in [1.54, 1.807) is 0 Å². The molecule has 0 spiro atoms. The van der Waals surface area contributed by atoms with E-state index in [2.05, 4.69) is 0 Å². The molecule has 1 saturated carbocycles. The fourth-order valence-electron chi connectivity index (χ4n) is 1.34. The van der Waals surface area contributed by atoms with Gasteiger partial charge in [-0.05, 0) is 12.8 Å². The zero-order valence-electron chi connectivity index (χ0n) is 8.92. The van der Waals surface area contributed by atoms with Gasteiger partial charge in [-0.1, -0.05) is 19.3 Å². The van der Waals surface area contributed by atoms with E-state index < -0.39 is 18.4 Å². The van der Waals surface area contributed by atoms with Gasteiger partial charge in [-0.2, -0.15) is 0 Å². The van der Waals surface area contributed by atoms with E-state index in [4.69, 9.17) is 21.7 Å². The third kappa shape index (κ3) is 11.6. The van der Waals surface area contributed by atoms with Crippen molar-refractivity contribution >= 4 is 11.9 Å². The van der Waals surface area contributed by atoms with Crippen molar-refractivity contribution in [1.82, 2.24) is 0 Å².